The third-order valence-electron chi connectivity index (χ3n) is 3.21. The minimum absolute atomic E-state index is 0.0881. The van der Waals surface area contributed by atoms with Gasteiger partial charge in [0, 0.05) is 17.4 Å². The smallest absolute Gasteiger partial charge is 0.319 e. The molecule has 25 heavy (non-hydrogen) atoms. The van der Waals surface area contributed by atoms with Gasteiger partial charge in [-0.3, -0.25) is 9.59 Å². The topological polar surface area (TPSA) is 55.4 Å². The SMILES string of the molecule is CCCC(=O)Nc1cc(SC(CCC)C(=O)OC(C)C)c(F)cc1F. The summed E-state index contributed by atoms with van der Waals surface area (Å²) in [5.74, 6) is -2.38. The third kappa shape index (κ3) is 7.02. The van der Waals surface area contributed by atoms with Crippen molar-refractivity contribution in [1.29, 1.82) is 0 Å². The minimum Gasteiger partial charge on any atom is -0.462 e. The number of hydrogen-bond donors (Lipinski definition) is 1. The number of rotatable bonds is 9. The molecule has 4 nitrogen and oxygen atoms in total. The molecule has 0 bridgehead atoms. The molecule has 7 heteroatoms. The van der Waals surface area contributed by atoms with Crippen LogP contribution in [-0.4, -0.2) is 23.2 Å². The molecule has 1 atom stereocenters. The Hall–Kier alpha value is -1.63. The summed E-state index contributed by atoms with van der Waals surface area (Å²) in [4.78, 5) is 23.9. The van der Waals surface area contributed by atoms with Gasteiger partial charge in [-0.15, -0.1) is 11.8 Å². The Labute approximate surface area is 151 Å². The Morgan fingerprint density at radius 2 is 1.84 bits per heavy atom. The van der Waals surface area contributed by atoms with Crippen LogP contribution in [0.3, 0.4) is 0 Å². The van der Waals surface area contributed by atoms with Crippen molar-refractivity contribution in [2.24, 2.45) is 0 Å². The van der Waals surface area contributed by atoms with Crippen LogP contribution in [0.2, 0.25) is 0 Å². The predicted octanol–water partition coefficient (Wildman–Crippen LogP) is 4.92. The first-order valence-electron chi connectivity index (χ1n) is 8.44. The quantitative estimate of drug-likeness (QED) is 0.493. The molecule has 1 rings (SSSR count). The van der Waals surface area contributed by atoms with Crippen molar-refractivity contribution >= 4 is 29.3 Å². The van der Waals surface area contributed by atoms with Crippen LogP contribution in [-0.2, 0) is 14.3 Å². The van der Waals surface area contributed by atoms with Gasteiger partial charge in [0.1, 0.15) is 16.9 Å². The summed E-state index contributed by atoms with van der Waals surface area (Å²) in [5.41, 5.74) is -0.0881. The van der Waals surface area contributed by atoms with E-state index in [0.29, 0.717) is 19.3 Å². The lowest BCUT2D eigenvalue weighted by Gasteiger charge is -2.18. The summed E-state index contributed by atoms with van der Waals surface area (Å²) in [7, 11) is 0. The molecule has 0 spiro atoms. The van der Waals surface area contributed by atoms with Crippen molar-refractivity contribution in [3.05, 3.63) is 23.8 Å². The number of ether oxygens (including phenoxy) is 1. The summed E-state index contributed by atoms with van der Waals surface area (Å²) in [5, 5.41) is 1.84. The normalized spacial score (nSPS) is 12.1. The zero-order valence-electron chi connectivity index (χ0n) is 15.0. The Morgan fingerprint density at radius 3 is 2.40 bits per heavy atom. The highest BCUT2D eigenvalue weighted by molar-refractivity contribution is 8.00. The Bertz CT molecular complexity index is 608. The van der Waals surface area contributed by atoms with Crippen LogP contribution in [0.4, 0.5) is 14.5 Å². The zero-order chi connectivity index (χ0) is 19.0. The van der Waals surface area contributed by atoms with Gasteiger partial charge in [0.15, 0.2) is 0 Å². The van der Waals surface area contributed by atoms with Crippen molar-refractivity contribution < 1.29 is 23.1 Å². The number of halogens is 2. The van der Waals surface area contributed by atoms with Crippen molar-refractivity contribution in [3.63, 3.8) is 0 Å². The van der Waals surface area contributed by atoms with Crippen molar-refractivity contribution in [2.45, 2.75) is 69.6 Å². The molecular weight excluding hydrogens is 348 g/mol. The van der Waals surface area contributed by atoms with Gasteiger partial charge < -0.3 is 10.1 Å². The fraction of sp³-hybridized carbons (Fsp3) is 0.556. The maximum absolute atomic E-state index is 14.1. The number of amides is 1. The summed E-state index contributed by atoms with van der Waals surface area (Å²) >= 11 is 0.986. The van der Waals surface area contributed by atoms with Crippen LogP contribution >= 0.6 is 11.8 Å². The van der Waals surface area contributed by atoms with E-state index in [4.69, 9.17) is 4.74 Å². The average molecular weight is 373 g/mol. The largest absolute Gasteiger partial charge is 0.462 e. The lowest BCUT2D eigenvalue weighted by molar-refractivity contribution is -0.146. The van der Waals surface area contributed by atoms with E-state index in [-0.39, 0.29) is 29.0 Å². The molecule has 0 aliphatic rings. The molecule has 1 aromatic rings. The second-order valence-electron chi connectivity index (χ2n) is 5.94. The molecule has 1 unspecified atom stereocenters. The predicted molar refractivity (Wildman–Crippen MR) is 95.7 cm³/mol. The molecular formula is C18H25F2NO3S. The van der Waals surface area contributed by atoms with Gasteiger partial charge in [-0.05, 0) is 32.8 Å². The summed E-state index contributed by atoms with van der Waals surface area (Å²) in [6.07, 6.45) is 1.82. The van der Waals surface area contributed by atoms with Gasteiger partial charge in [0.2, 0.25) is 5.91 Å². The molecule has 1 aromatic carbocycles. The minimum atomic E-state index is -0.844. The molecule has 0 fully saturated rings. The van der Waals surface area contributed by atoms with E-state index in [2.05, 4.69) is 5.32 Å². The number of nitrogens with one attached hydrogen (secondary N) is 1. The van der Waals surface area contributed by atoms with Gasteiger partial charge >= 0.3 is 5.97 Å². The van der Waals surface area contributed by atoms with E-state index in [1.165, 1.54) is 6.07 Å². The van der Waals surface area contributed by atoms with Gasteiger partial charge in [0.05, 0.1) is 11.8 Å². The fourth-order valence-electron chi connectivity index (χ4n) is 2.10. The van der Waals surface area contributed by atoms with Gasteiger partial charge in [-0.25, -0.2) is 8.78 Å². The lowest BCUT2D eigenvalue weighted by Crippen LogP contribution is -2.23. The molecule has 0 saturated carbocycles. The molecule has 1 N–H and O–H groups in total. The van der Waals surface area contributed by atoms with Crippen LogP contribution in [0.15, 0.2) is 17.0 Å². The number of esters is 1. The van der Waals surface area contributed by atoms with E-state index in [1.807, 2.05) is 13.8 Å². The first kappa shape index (κ1) is 21.4. The first-order chi connectivity index (χ1) is 11.8. The maximum atomic E-state index is 14.1. The van der Waals surface area contributed by atoms with Crippen LogP contribution in [0.1, 0.15) is 53.4 Å². The summed E-state index contributed by atoms with van der Waals surface area (Å²) in [6, 6.07) is 1.95. The molecule has 1 amide bonds. The molecule has 140 valence electrons. The van der Waals surface area contributed by atoms with Crippen molar-refractivity contribution in [1.82, 2.24) is 0 Å². The zero-order valence-corrected chi connectivity index (χ0v) is 15.8. The molecule has 0 aliphatic heterocycles. The highest BCUT2D eigenvalue weighted by Gasteiger charge is 2.24. The van der Waals surface area contributed by atoms with Gasteiger partial charge in [0.25, 0.3) is 0 Å². The van der Waals surface area contributed by atoms with Crippen LogP contribution < -0.4 is 5.32 Å². The van der Waals surface area contributed by atoms with Crippen LogP contribution in [0.25, 0.3) is 0 Å². The number of carbonyl (C=O) groups is 2. The van der Waals surface area contributed by atoms with Crippen LogP contribution in [0.5, 0.6) is 0 Å². The van der Waals surface area contributed by atoms with Gasteiger partial charge in [-0.1, -0.05) is 20.3 Å². The van der Waals surface area contributed by atoms with Gasteiger partial charge in [-0.2, -0.15) is 0 Å². The number of benzene rings is 1. The summed E-state index contributed by atoms with van der Waals surface area (Å²) < 4.78 is 33.2. The average Bonchev–Trinajstić information content (AvgIpc) is 2.50. The Kier molecular flexibility index (Phi) is 8.89. The molecule has 0 aliphatic carbocycles. The van der Waals surface area contributed by atoms with Crippen LogP contribution in [0, 0.1) is 11.6 Å². The summed E-state index contributed by atoms with van der Waals surface area (Å²) in [6.45, 7) is 7.22. The monoisotopic (exact) mass is 373 g/mol. The maximum Gasteiger partial charge on any atom is 0.319 e. The highest BCUT2D eigenvalue weighted by atomic mass is 32.2. The molecule has 0 radical (unpaired) electrons. The van der Waals surface area contributed by atoms with E-state index >= 15 is 0 Å². The molecule has 0 heterocycles. The van der Waals surface area contributed by atoms with E-state index < -0.39 is 22.9 Å². The lowest BCUT2D eigenvalue weighted by atomic mass is 10.2. The number of carbonyl (C=O) groups excluding carboxylic acids is 2. The molecule has 0 aromatic heterocycles. The standard InChI is InChI=1S/C18H25F2NO3S/c1-5-7-15(18(23)24-11(3)4)25-16-10-14(12(19)9-13(16)20)21-17(22)8-6-2/h9-11,15H,5-8H2,1-4H3,(H,21,22). The van der Waals surface area contributed by atoms with E-state index in [0.717, 1.165) is 17.8 Å². The van der Waals surface area contributed by atoms with Crippen molar-refractivity contribution in [2.75, 3.05) is 5.32 Å². The fourth-order valence-corrected chi connectivity index (χ4v) is 3.27. The van der Waals surface area contributed by atoms with Crippen molar-refractivity contribution in [3.8, 4) is 0 Å². The Morgan fingerprint density at radius 1 is 1.16 bits per heavy atom. The number of hydrogen-bond acceptors (Lipinski definition) is 4. The Balaban J connectivity index is 3.01. The molecule has 0 saturated heterocycles. The number of anilines is 1. The second-order valence-corrected chi connectivity index (χ2v) is 7.19. The number of thioether (sulfide) groups is 1. The highest BCUT2D eigenvalue weighted by Crippen LogP contribution is 2.33. The van der Waals surface area contributed by atoms with E-state index in [1.54, 1.807) is 13.8 Å². The second kappa shape index (κ2) is 10.4. The third-order valence-corrected chi connectivity index (χ3v) is 4.49. The first-order valence-corrected chi connectivity index (χ1v) is 9.32. The van der Waals surface area contributed by atoms with E-state index in [9.17, 15) is 18.4 Å².